The first kappa shape index (κ1) is 20.2. The Morgan fingerprint density at radius 3 is 2.58 bits per heavy atom. The number of aryl methyl sites for hydroxylation is 2. The van der Waals surface area contributed by atoms with E-state index in [2.05, 4.69) is 27.6 Å². The highest BCUT2D eigenvalue weighted by atomic mass is 32.2. The number of benzene rings is 1. The SMILES string of the molecule is CCNC(=NCc1c(C)nn(C)c1C)NCCS(=O)Cc1ccccc1. The Kier molecular flexibility index (Phi) is 7.84. The molecular weight excluding hydrogens is 346 g/mol. The summed E-state index contributed by atoms with van der Waals surface area (Å²) < 4.78 is 14.1. The molecule has 1 aromatic heterocycles. The maximum absolute atomic E-state index is 12.2. The molecule has 0 aliphatic rings. The van der Waals surface area contributed by atoms with E-state index in [4.69, 9.17) is 0 Å². The van der Waals surface area contributed by atoms with E-state index in [-0.39, 0.29) is 0 Å². The minimum Gasteiger partial charge on any atom is -0.357 e. The van der Waals surface area contributed by atoms with Gasteiger partial charge in [-0.15, -0.1) is 0 Å². The van der Waals surface area contributed by atoms with E-state index in [1.807, 2.05) is 55.9 Å². The fourth-order valence-corrected chi connectivity index (χ4v) is 3.70. The Balaban J connectivity index is 1.86. The Labute approximate surface area is 158 Å². The van der Waals surface area contributed by atoms with Crippen molar-refractivity contribution >= 4 is 16.8 Å². The molecule has 0 aliphatic heterocycles. The van der Waals surface area contributed by atoms with Crippen molar-refractivity contribution in [2.75, 3.05) is 18.8 Å². The van der Waals surface area contributed by atoms with Crippen LogP contribution in [0, 0.1) is 13.8 Å². The van der Waals surface area contributed by atoms with E-state index in [1.54, 1.807) is 0 Å². The van der Waals surface area contributed by atoms with Gasteiger partial charge in [0, 0.05) is 53.7 Å². The molecule has 0 fully saturated rings. The monoisotopic (exact) mass is 375 g/mol. The largest absolute Gasteiger partial charge is 0.357 e. The molecule has 0 saturated carbocycles. The van der Waals surface area contributed by atoms with Crippen molar-refractivity contribution in [3.63, 3.8) is 0 Å². The topological polar surface area (TPSA) is 71.3 Å². The van der Waals surface area contributed by atoms with Gasteiger partial charge in [-0.2, -0.15) is 5.10 Å². The number of aromatic nitrogens is 2. The molecule has 0 saturated heterocycles. The van der Waals surface area contributed by atoms with Crippen LogP contribution < -0.4 is 10.6 Å². The van der Waals surface area contributed by atoms with Crippen molar-refractivity contribution in [2.24, 2.45) is 12.0 Å². The number of hydrogen-bond donors (Lipinski definition) is 2. The highest BCUT2D eigenvalue weighted by Crippen LogP contribution is 2.12. The first-order chi connectivity index (χ1) is 12.5. The molecule has 142 valence electrons. The second-order valence-corrected chi connectivity index (χ2v) is 7.75. The molecule has 0 aliphatic carbocycles. The van der Waals surface area contributed by atoms with Gasteiger partial charge in [0.1, 0.15) is 0 Å². The van der Waals surface area contributed by atoms with Crippen LogP contribution in [0.1, 0.15) is 29.4 Å². The van der Waals surface area contributed by atoms with E-state index in [9.17, 15) is 4.21 Å². The third kappa shape index (κ3) is 5.98. The van der Waals surface area contributed by atoms with Gasteiger partial charge in [-0.1, -0.05) is 30.3 Å². The lowest BCUT2D eigenvalue weighted by atomic mass is 10.2. The van der Waals surface area contributed by atoms with Crippen molar-refractivity contribution in [1.82, 2.24) is 20.4 Å². The number of hydrogen-bond acceptors (Lipinski definition) is 3. The quantitative estimate of drug-likeness (QED) is 0.547. The molecule has 0 spiro atoms. The highest BCUT2D eigenvalue weighted by molar-refractivity contribution is 7.84. The third-order valence-corrected chi connectivity index (χ3v) is 5.51. The molecule has 0 radical (unpaired) electrons. The van der Waals surface area contributed by atoms with Gasteiger partial charge < -0.3 is 10.6 Å². The summed E-state index contributed by atoms with van der Waals surface area (Å²) in [6.45, 7) is 8.07. The predicted molar refractivity (Wildman–Crippen MR) is 109 cm³/mol. The minimum absolute atomic E-state index is 0.577. The molecule has 1 aromatic carbocycles. The molecule has 2 N–H and O–H groups in total. The number of nitrogens with one attached hydrogen (secondary N) is 2. The molecule has 1 unspecified atom stereocenters. The third-order valence-electron chi connectivity index (χ3n) is 4.19. The van der Waals surface area contributed by atoms with Crippen LogP contribution in [-0.4, -0.2) is 38.8 Å². The van der Waals surface area contributed by atoms with Crippen molar-refractivity contribution in [3.05, 3.63) is 52.8 Å². The van der Waals surface area contributed by atoms with Crippen LogP contribution in [0.2, 0.25) is 0 Å². The Morgan fingerprint density at radius 1 is 1.23 bits per heavy atom. The average molecular weight is 376 g/mol. The first-order valence-electron chi connectivity index (χ1n) is 8.91. The molecular formula is C19H29N5OS. The summed E-state index contributed by atoms with van der Waals surface area (Å²) >= 11 is 0. The lowest BCUT2D eigenvalue weighted by molar-refractivity contribution is 0.680. The standard InChI is InChI=1S/C19H29N5OS/c1-5-20-19(22-13-18-15(2)23-24(4)16(18)3)21-11-12-26(25)14-17-9-7-6-8-10-17/h6-10H,5,11-14H2,1-4H3,(H2,20,21,22). The summed E-state index contributed by atoms with van der Waals surface area (Å²) in [5, 5.41) is 10.9. The summed E-state index contributed by atoms with van der Waals surface area (Å²) in [5.74, 6) is 1.92. The smallest absolute Gasteiger partial charge is 0.191 e. The minimum atomic E-state index is -0.894. The predicted octanol–water partition coefficient (Wildman–Crippen LogP) is 2.04. The summed E-state index contributed by atoms with van der Waals surface area (Å²) in [7, 11) is 1.05. The van der Waals surface area contributed by atoms with Crippen LogP contribution in [-0.2, 0) is 30.1 Å². The van der Waals surface area contributed by atoms with Crippen LogP contribution in [0.3, 0.4) is 0 Å². The zero-order valence-corrected chi connectivity index (χ0v) is 16.9. The number of nitrogens with zero attached hydrogens (tertiary/aromatic N) is 3. The summed E-state index contributed by atoms with van der Waals surface area (Å²) in [4.78, 5) is 4.64. The number of aliphatic imine (C=N–C) groups is 1. The van der Waals surface area contributed by atoms with E-state index in [1.165, 1.54) is 0 Å². The number of guanidine groups is 1. The van der Waals surface area contributed by atoms with E-state index < -0.39 is 10.8 Å². The molecule has 6 nitrogen and oxygen atoms in total. The maximum atomic E-state index is 12.2. The molecule has 0 amide bonds. The van der Waals surface area contributed by atoms with Gasteiger partial charge >= 0.3 is 0 Å². The van der Waals surface area contributed by atoms with E-state index in [0.717, 1.165) is 35.0 Å². The van der Waals surface area contributed by atoms with Gasteiger partial charge in [-0.3, -0.25) is 8.89 Å². The van der Waals surface area contributed by atoms with Gasteiger partial charge in [0.15, 0.2) is 5.96 Å². The summed E-state index contributed by atoms with van der Waals surface area (Å²) in [6, 6.07) is 9.94. The molecule has 7 heteroatoms. The van der Waals surface area contributed by atoms with Crippen molar-refractivity contribution in [1.29, 1.82) is 0 Å². The Hall–Kier alpha value is -2.15. The van der Waals surface area contributed by atoms with Gasteiger partial charge in [-0.05, 0) is 26.3 Å². The van der Waals surface area contributed by atoms with Crippen LogP contribution in [0.5, 0.6) is 0 Å². The Morgan fingerprint density at radius 2 is 1.96 bits per heavy atom. The van der Waals surface area contributed by atoms with Crippen LogP contribution in [0.25, 0.3) is 0 Å². The molecule has 1 heterocycles. The lowest BCUT2D eigenvalue weighted by Gasteiger charge is -2.11. The molecule has 2 aromatic rings. The number of rotatable bonds is 8. The van der Waals surface area contributed by atoms with E-state index in [0.29, 0.717) is 24.6 Å². The summed E-state index contributed by atoms with van der Waals surface area (Å²) in [6.07, 6.45) is 0. The second kappa shape index (κ2) is 10.1. The molecule has 2 rings (SSSR count). The van der Waals surface area contributed by atoms with Crippen LogP contribution in [0.15, 0.2) is 35.3 Å². The molecule has 0 bridgehead atoms. The highest BCUT2D eigenvalue weighted by Gasteiger charge is 2.09. The fraction of sp³-hybridized carbons (Fsp3) is 0.474. The summed E-state index contributed by atoms with van der Waals surface area (Å²) in [5.41, 5.74) is 4.39. The first-order valence-corrected chi connectivity index (χ1v) is 10.4. The second-order valence-electron chi connectivity index (χ2n) is 6.17. The van der Waals surface area contributed by atoms with Crippen LogP contribution >= 0.6 is 0 Å². The van der Waals surface area contributed by atoms with Gasteiger partial charge in [0.2, 0.25) is 0 Å². The van der Waals surface area contributed by atoms with Crippen molar-refractivity contribution in [2.45, 2.75) is 33.1 Å². The fourth-order valence-electron chi connectivity index (χ4n) is 2.66. The lowest BCUT2D eigenvalue weighted by Crippen LogP contribution is -2.39. The van der Waals surface area contributed by atoms with Gasteiger partial charge in [0.05, 0.1) is 12.2 Å². The maximum Gasteiger partial charge on any atom is 0.191 e. The zero-order valence-electron chi connectivity index (χ0n) is 16.1. The zero-order chi connectivity index (χ0) is 18.9. The average Bonchev–Trinajstić information content (AvgIpc) is 2.86. The van der Waals surface area contributed by atoms with Gasteiger partial charge in [0.25, 0.3) is 0 Å². The Bertz CT molecular complexity index is 755. The van der Waals surface area contributed by atoms with Crippen molar-refractivity contribution in [3.8, 4) is 0 Å². The van der Waals surface area contributed by atoms with Gasteiger partial charge in [-0.25, -0.2) is 4.99 Å². The molecule has 26 heavy (non-hydrogen) atoms. The van der Waals surface area contributed by atoms with Crippen LogP contribution in [0.4, 0.5) is 0 Å². The normalized spacial score (nSPS) is 12.8. The van der Waals surface area contributed by atoms with E-state index >= 15 is 0 Å². The van der Waals surface area contributed by atoms with Crippen molar-refractivity contribution < 1.29 is 4.21 Å². The molecule has 1 atom stereocenters.